The van der Waals surface area contributed by atoms with E-state index in [-0.39, 0.29) is 5.60 Å². The van der Waals surface area contributed by atoms with Crippen molar-refractivity contribution in [1.29, 1.82) is 0 Å². The third-order valence-electron chi connectivity index (χ3n) is 3.89. The number of rotatable bonds is 6. The Labute approximate surface area is 129 Å². The van der Waals surface area contributed by atoms with E-state index in [0.717, 1.165) is 32.7 Å². The Morgan fingerprint density at radius 2 is 2.00 bits per heavy atom. The summed E-state index contributed by atoms with van der Waals surface area (Å²) in [6.45, 7) is 13.8. The number of ether oxygens (including phenoxy) is 1. The molecule has 0 aromatic heterocycles. The number of nitrogens with zero attached hydrogens (tertiary/aromatic N) is 1. The van der Waals surface area contributed by atoms with Gasteiger partial charge in [0.2, 0.25) is 0 Å². The molecular weight excluding hydrogens is 260 g/mol. The Balaban J connectivity index is 2.01. The first-order valence-electron chi connectivity index (χ1n) is 8.18. The lowest BCUT2D eigenvalue weighted by Crippen LogP contribution is -2.51. The van der Waals surface area contributed by atoms with E-state index in [0.29, 0.717) is 6.10 Å². The average molecular weight is 290 g/mol. The quantitative estimate of drug-likeness (QED) is 0.814. The van der Waals surface area contributed by atoms with E-state index in [1.165, 1.54) is 17.5 Å². The molecule has 1 aromatic rings. The van der Waals surface area contributed by atoms with Crippen molar-refractivity contribution >= 4 is 0 Å². The highest BCUT2D eigenvalue weighted by molar-refractivity contribution is 5.27. The summed E-state index contributed by atoms with van der Waals surface area (Å²) in [5, 5.41) is 3.51. The summed E-state index contributed by atoms with van der Waals surface area (Å²) in [6, 6.07) is 8.79. The molecule has 0 aliphatic carbocycles. The molecule has 1 heterocycles. The second-order valence-corrected chi connectivity index (χ2v) is 6.80. The van der Waals surface area contributed by atoms with Gasteiger partial charge in [0.05, 0.1) is 11.7 Å². The highest BCUT2D eigenvalue weighted by Crippen LogP contribution is 2.23. The lowest BCUT2D eigenvalue weighted by atomic mass is 10.0. The molecule has 1 fully saturated rings. The number of hydrogen-bond acceptors (Lipinski definition) is 3. The number of hydrogen-bond donors (Lipinski definition) is 1. The Kier molecular flexibility index (Phi) is 5.80. The van der Waals surface area contributed by atoms with Gasteiger partial charge in [-0.25, -0.2) is 0 Å². The molecule has 0 saturated carbocycles. The fourth-order valence-corrected chi connectivity index (χ4v) is 3.23. The molecule has 0 amide bonds. The van der Waals surface area contributed by atoms with Gasteiger partial charge in [-0.2, -0.15) is 0 Å². The van der Waals surface area contributed by atoms with Crippen molar-refractivity contribution in [1.82, 2.24) is 10.2 Å². The standard InChI is InChI=1S/C18H30N2O/c1-5-10-19-11-16-8-6-7-9-17(16)13-20-12-15(2)21-18(3,4)14-20/h6-9,15,19H,5,10-14H2,1-4H3. The van der Waals surface area contributed by atoms with Gasteiger partial charge >= 0.3 is 0 Å². The largest absolute Gasteiger partial charge is 0.370 e. The zero-order valence-electron chi connectivity index (χ0n) is 14.0. The van der Waals surface area contributed by atoms with Gasteiger partial charge in [-0.3, -0.25) is 4.90 Å². The molecule has 3 heteroatoms. The zero-order valence-corrected chi connectivity index (χ0v) is 14.0. The first-order chi connectivity index (χ1) is 10.00. The van der Waals surface area contributed by atoms with Gasteiger partial charge < -0.3 is 10.1 Å². The van der Waals surface area contributed by atoms with E-state index in [4.69, 9.17) is 4.74 Å². The van der Waals surface area contributed by atoms with Crippen LogP contribution in [0.5, 0.6) is 0 Å². The van der Waals surface area contributed by atoms with E-state index >= 15 is 0 Å². The van der Waals surface area contributed by atoms with E-state index < -0.39 is 0 Å². The minimum Gasteiger partial charge on any atom is -0.370 e. The summed E-state index contributed by atoms with van der Waals surface area (Å²) in [5.74, 6) is 0. The van der Waals surface area contributed by atoms with Crippen molar-refractivity contribution in [2.45, 2.75) is 58.9 Å². The molecule has 2 rings (SSSR count). The van der Waals surface area contributed by atoms with E-state index in [9.17, 15) is 0 Å². The Morgan fingerprint density at radius 3 is 2.67 bits per heavy atom. The molecule has 21 heavy (non-hydrogen) atoms. The van der Waals surface area contributed by atoms with Crippen molar-refractivity contribution in [3.63, 3.8) is 0 Å². The molecule has 3 nitrogen and oxygen atoms in total. The molecule has 1 aromatic carbocycles. The molecule has 1 saturated heterocycles. The average Bonchev–Trinajstić information content (AvgIpc) is 2.38. The second kappa shape index (κ2) is 7.39. The van der Waals surface area contributed by atoms with Gasteiger partial charge in [0, 0.05) is 26.2 Å². The van der Waals surface area contributed by atoms with Crippen molar-refractivity contribution in [2.24, 2.45) is 0 Å². The van der Waals surface area contributed by atoms with Gasteiger partial charge in [0.25, 0.3) is 0 Å². The van der Waals surface area contributed by atoms with Crippen LogP contribution in [0.1, 0.15) is 45.2 Å². The number of morpholine rings is 1. The maximum atomic E-state index is 6.00. The van der Waals surface area contributed by atoms with Crippen molar-refractivity contribution < 1.29 is 4.74 Å². The van der Waals surface area contributed by atoms with Crippen LogP contribution in [0.25, 0.3) is 0 Å². The maximum Gasteiger partial charge on any atom is 0.0757 e. The molecule has 0 bridgehead atoms. The summed E-state index contributed by atoms with van der Waals surface area (Å²) in [5.41, 5.74) is 2.81. The minimum atomic E-state index is -0.0485. The minimum absolute atomic E-state index is 0.0485. The summed E-state index contributed by atoms with van der Waals surface area (Å²) in [7, 11) is 0. The van der Waals surface area contributed by atoms with Gasteiger partial charge in [-0.1, -0.05) is 31.2 Å². The summed E-state index contributed by atoms with van der Waals surface area (Å²) >= 11 is 0. The molecule has 0 radical (unpaired) electrons. The van der Waals surface area contributed by atoms with Crippen LogP contribution in [0, 0.1) is 0 Å². The van der Waals surface area contributed by atoms with E-state index in [1.54, 1.807) is 0 Å². The van der Waals surface area contributed by atoms with Gasteiger partial charge in [0.15, 0.2) is 0 Å². The van der Waals surface area contributed by atoms with Crippen molar-refractivity contribution in [3.8, 4) is 0 Å². The molecular formula is C18H30N2O. The Hall–Kier alpha value is -0.900. The highest BCUT2D eigenvalue weighted by Gasteiger charge is 2.31. The van der Waals surface area contributed by atoms with Gasteiger partial charge in [-0.15, -0.1) is 0 Å². The van der Waals surface area contributed by atoms with E-state index in [1.807, 2.05) is 0 Å². The van der Waals surface area contributed by atoms with Crippen LogP contribution in [0.15, 0.2) is 24.3 Å². The highest BCUT2D eigenvalue weighted by atomic mass is 16.5. The predicted octanol–water partition coefficient (Wildman–Crippen LogP) is 3.19. The van der Waals surface area contributed by atoms with Crippen LogP contribution >= 0.6 is 0 Å². The third kappa shape index (κ3) is 5.10. The predicted molar refractivity (Wildman–Crippen MR) is 88.3 cm³/mol. The van der Waals surface area contributed by atoms with Crippen LogP contribution in [0.4, 0.5) is 0 Å². The van der Waals surface area contributed by atoms with Gasteiger partial charge in [-0.05, 0) is 44.9 Å². The normalized spacial score (nSPS) is 22.4. The topological polar surface area (TPSA) is 24.5 Å². The fourth-order valence-electron chi connectivity index (χ4n) is 3.23. The molecule has 1 N–H and O–H groups in total. The number of nitrogens with one attached hydrogen (secondary N) is 1. The zero-order chi connectivity index (χ0) is 15.3. The fraction of sp³-hybridized carbons (Fsp3) is 0.667. The first-order valence-corrected chi connectivity index (χ1v) is 8.18. The van der Waals surface area contributed by atoms with Crippen LogP contribution in [-0.2, 0) is 17.8 Å². The van der Waals surface area contributed by atoms with Crippen LogP contribution in [0.3, 0.4) is 0 Å². The molecule has 1 aliphatic heterocycles. The Morgan fingerprint density at radius 1 is 1.29 bits per heavy atom. The van der Waals surface area contributed by atoms with E-state index in [2.05, 4.69) is 62.2 Å². The molecule has 118 valence electrons. The third-order valence-corrected chi connectivity index (χ3v) is 3.89. The molecule has 1 aliphatic rings. The molecule has 1 unspecified atom stereocenters. The van der Waals surface area contributed by atoms with Crippen LogP contribution in [-0.4, -0.2) is 36.2 Å². The number of benzene rings is 1. The maximum absolute atomic E-state index is 6.00. The lowest BCUT2D eigenvalue weighted by molar-refractivity contribution is -0.130. The summed E-state index contributed by atoms with van der Waals surface area (Å²) in [4.78, 5) is 2.52. The summed E-state index contributed by atoms with van der Waals surface area (Å²) < 4.78 is 6.00. The second-order valence-electron chi connectivity index (χ2n) is 6.80. The molecule has 1 atom stereocenters. The smallest absolute Gasteiger partial charge is 0.0757 e. The van der Waals surface area contributed by atoms with Crippen LogP contribution < -0.4 is 5.32 Å². The monoisotopic (exact) mass is 290 g/mol. The van der Waals surface area contributed by atoms with Gasteiger partial charge in [0.1, 0.15) is 0 Å². The lowest BCUT2D eigenvalue weighted by Gasteiger charge is -2.42. The molecule has 0 spiro atoms. The van der Waals surface area contributed by atoms with Crippen LogP contribution in [0.2, 0.25) is 0 Å². The van der Waals surface area contributed by atoms with Crippen molar-refractivity contribution in [3.05, 3.63) is 35.4 Å². The SMILES string of the molecule is CCCNCc1ccccc1CN1CC(C)OC(C)(C)C1. The Bertz CT molecular complexity index is 445. The first kappa shape index (κ1) is 16.5. The van der Waals surface area contributed by atoms with Crippen molar-refractivity contribution in [2.75, 3.05) is 19.6 Å². The summed E-state index contributed by atoms with van der Waals surface area (Å²) in [6.07, 6.45) is 1.48.